The van der Waals surface area contributed by atoms with Crippen LogP contribution in [0.4, 0.5) is 5.69 Å². The number of unbranched alkanes of at least 4 members (excludes halogenated alkanes) is 1. The topological polar surface area (TPSA) is 75.3 Å². The van der Waals surface area contributed by atoms with Crippen LogP contribution in [0, 0.1) is 6.92 Å². The van der Waals surface area contributed by atoms with Crippen molar-refractivity contribution in [1.82, 2.24) is 0 Å². The Bertz CT molecular complexity index is 444. The molecular formula is C16H26N2O2. The third kappa shape index (κ3) is 4.85. The molecular weight excluding hydrogens is 252 g/mol. The molecule has 1 aromatic rings. The SMILES string of the molecule is Cc1ccc(C(C)C)cc1N[C@@H](CCCCN)C(=O)O. The molecule has 0 bridgehead atoms. The molecule has 0 aromatic heterocycles. The molecule has 1 aromatic carbocycles. The molecule has 20 heavy (non-hydrogen) atoms. The Kier molecular flexibility index (Phi) is 6.52. The molecule has 0 amide bonds. The molecule has 4 heteroatoms. The van der Waals surface area contributed by atoms with Crippen molar-refractivity contribution in [3.63, 3.8) is 0 Å². The van der Waals surface area contributed by atoms with Gasteiger partial charge in [-0.25, -0.2) is 4.79 Å². The Morgan fingerprint density at radius 3 is 2.60 bits per heavy atom. The first-order chi connectivity index (χ1) is 9.45. The minimum absolute atomic E-state index is 0.427. The molecule has 0 spiro atoms. The van der Waals surface area contributed by atoms with Crippen LogP contribution < -0.4 is 11.1 Å². The molecule has 0 heterocycles. The number of hydrogen-bond acceptors (Lipinski definition) is 3. The lowest BCUT2D eigenvalue weighted by atomic mass is 10.00. The summed E-state index contributed by atoms with van der Waals surface area (Å²) in [4.78, 5) is 11.3. The van der Waals surface area contributed by atoms with E-state index in [1.165, 1.54) is 5.56 Å². The van der Waals surface area contributed by atoms with Crippen molar-refractivity contribution in [2.45, 2.75) is 52.0 Å². The van der Waals surface area contributed by atoms with Gasteiger partial charge in [0.05, 0.1) is 0 Å². The number of nitrogens with one attached hydrogen (secondary N) is 1. The number of aryl methyl sites for hydroxylation is 1. The highest BCUT2D eigenvalue weighted by atomic mass is 16.4. The molecule has 0 aliphatic rings. The van der Waals surface area contributed by atoms with Crippen LogP contribution >= 0.6 is 0 Å². The maximum atomic E-state index is 11.3. The molecule has 0 aliphatic carbocycles. The summed E-state index contributed by atoms with van der Waals surface area (Å²) in [5, 5.41) is 12.5. The monoisotopic (exact) mass is 278 g/mol. The number of rotatable bonds is 8. The van der Waals surface area contributed by atoms with Gasteiger partial charge in [0, 0.05) is 5.69 Å². The van der Waals surface area contributed by atoms with Gasteiger partial charge in [0.2, 0.25) is 0 Å². The van der Waals surface area contributed by atoms with Crippen LogP contribution in [0.2, 0.25) is 0 Å². The van der Waals surface area contributed by atoms with Crippen molar-refractivity contribution in [2.24, 2.45) is 5.73 Å². The van der Waals surface area contributed by atoms with E-state index < -0.39 is 12.0 Å². The van der Waals surface area contributed by atoms with Gasteiger partial charge >= 0.3 is 5.97 Å². The number of anilines is 1. The summed E-state index contributed by atoms with van der Waals surface area (Å²) in [6, 6.07) is 5.63. The quantitative estimate of drug-likeness (QED) is 0.639. The number of benzene rings is 1. The maximum absolute atomic E-state index is 11.3. The Balaban J connectivity index is 2.81. The van der Waals surface area contributed by atoms with Crippen molar-refractivity contribution >= 4 is 11.7 Å². The average molecular weight is 278 g/mol. The standard InChI is InChI=1S/C16H26N2O2/c1-11(2)13-8-7-12(3)15(10-13)18-14(16(19)20)6-4-5-9-17/h7-8,10-11,14,18H,4-6,9,17H2,1-3H3,(H,19,20)/t14-/m0/s1. The summed E-state index contributed by atoms with van der Waals surface area (Å²) >= 11 is 0. The second-order valence-corrected chi connectivity index (χ2v) is 5.55. The molecule has 0 radical (unpaired) electrons. The molecule has 0 aliphatic heterocycles. The highest BCUT2D eigenvalue weighted by Gasteiger charge is 2.17. The Morgan fingerprint density at radius 1 is 1.35 bits per heavy atom. The van der Waals surface area contributed by atoms with E-state index in [1.54, 1.807) is 0 Å². The largest absolute Gasteiger partial charge is 0.480 e. The maximum Gasteiger partial charge on any atom is 0.326 e. The average Bonchev–Trinajstić information content (AvgIpc) is 2.39. The fourth-order valence-electron chi connectivity index (χ4n) is 2.09. The van der Waals surface area contributed by atoms with Crippen LogP contribution in [0.25, 0.3) is 0 Å². The van der Waals surface area contributed by atoms with E-state index in [0.29, 0.717) is 18.9 Å². The number of aliphatic carboxylic acids is 1. The van der Waals surface area contributed by atoms with Crippen molar-refractivity contribution in [3.05, 3.63) is 29.3 Å². The lowest BCUT2D eigenvalue weighted by Gasteiger charge is -2.19. The van der Waals surface area contributed by atoms with E-state index in [-0.39, 0.29) is 0 Å². The van der Waals surface area contributed by atoms with Crippen molar-refractivity contribution in [2.75, 3.05) is 11.9 Å². The first-order valence-electron chi connectivity index (χ1n) is 7.25. The summed E-state index contributed by atoms with van der Waals surface area (Å²) in [7, 11) is 0. The third-order valence-corrected chi connectivity index (χ3v) is 3.50. The minimum atomic E-state index is -0.809. The summed E-state index contributed by atoms with van der Waals surface area (Å²) in [6.45, 7) is 6.86. The van der Waals surface area contributed by atoms with Crippen molar-refractivity contribution < 1.29 is 9.90 Å². The second-order valence-electron chi connectivity index (χ2n) is 5.55. The number of hydrogen-bond donors (Lipinski definition) is 3. The van der Waals surface area contributed by atoms with Crippen LogP contribution in [-0.4, -0.2) is 23.7 Å². The Hall–Kier alpha value is -1.55. The number of carbonyl (C=O) groups is 1. The summed E-state index contributed by atoms with van der Waals surface area (Å²) in [6.07, 6.45) is 2.28. The van der Waals surface area contributed by atoms with Gasteiger partial charge in [0.25, 0.3) is 0 Å². The molecule has 0 fully saturated rings. The molecule has 4 nitrogen and oxygen atoms in total. The predicted octanol–water partition coefficient (Wildman–Crippen LogP) is 3.11. The summed E-state index contributed by atoms with van der Waals surface area (Å²) in [5.74, 6) is -0.381. The Labute approximate surface area is 121 Å². The van der Waals surface area contributed by atoms with E-state index in [0.717, 1.165) is 24.1 Å². The number of carboxylic acids is 1. The van der Waals surface area contributed by atoms with Gasteiger partial charge in [-0.2, -0.15) is 0 Å². The van der Waals surface area contributed by atoms with Crippen LogP contribution in [0.3, 0.4) is 0 Å². The van der Waals surface area contributed by atoms with Crippen molar-refractivity contribution in [1.29, 1.82) is 0 Å². The fraction of sp³-hybridized carbons (Fsp3) is 0.562. The lowest BCUT2D eigenvalue weighted by molar-refractivity contribution is -0.138. The second kappa shape index (κ2) is 7.90. The van der Waals surface area contributed by atoms with E-state index in [4.69, 9.17) is 5.73 Å². The lowest BCUT2D eigenvalue weighted by Crippen LogP contribution is -2.29. The summed E-state index contributed by atoms with van der Waals surface area (Å²) in [5.41, 5.74) is 8.65. The zero-order chi connectivity index (χ0) is 15.1. The smallest absolute Gasteiger partial charge is 0.326 e. The van der Waals surface area contributed by atoms with E-state index in [9.17, 15) is 9.90 Å². The minimum Gasteiger partial charge on any atom is -0.480 e. The predicted molar refractivity (Wildman–Crippen MR) is 83.2 cm³/mol. The third-order valence-electron chi connectivity index (χ3n) is 3.50. The van der Waals surface area contributed by atoms with Crippen molar-refractivity contribution in [3.8, 4) is 0 Å². The molecule has 0 saturated heterocycles. The van der Waals surface area contributed by atoms with Crippen LogP contribution in [0.15, 0.2) is 18.2 Å². The zero-order valence-corrected chi connectivity index (χ0v) is 12.6. The summed E-state index contributed by atoms with van der Waals surface area (Å²) < 4.78 is 0. The first-order valence-corrected chi connectivity index (χ1v) is 7.25. The van der Waals surface area contributed by atoms with Crippen LogP contribution in [0.5, 0.6) is 0 Å². The van der Waals surface area contributed by atoms with Gasteiger partial charge in [0.15, 0.2) is 0 Å². The van der Waals surface area contributed by atoms with E-state index in [2.05, 4.69) is 31.3 Å². The van der Waals surface area contributed by atoms with Gasteiger partial charge in [0.1, 0.15) is 6.04 Å². The highest BCUT2D eigenvalue weighted by molar-refractivity contribution is 5.77. The Morgan fingerprint density at radius 2 is 2.05 bits per heavy atom. The van der Waals surface area contributed by atoms with E-state index >= 15 is 0 Å². The van der Waals surface area contributed by atoms with Gasteiger partial charge in [-0.3, -0.25) is 0 Å². The fourth-order valence-corrected chi connectivity index (χ4v) is 2.09. The molecule has 112 valence electrons. The van der Waals surface area contributed by atoms with Gasteiger partial charge < -0.3 is 16.2 Å². The van der Waals surface area contributed by atoms with Crippen LogP contribution in [0.1, 0.15) is 50.2 Å². The first kappa shape index (κ1) is 16.5. The zero-order valence-electron chi connectivity index (χ0n) is 12.6. The van der Waals surface area contributed by atoms with Gasteiger partial charge in [-0.1, -0.05) is 26.0 Å². The molecule has 4 N–H and O–H groups in total. The van der Waals surface area contributed by atoms with Gasteiger partial charge in [-0.05, 0) is 55.8 Å². The van der Waals surface area contributed by atoms with Crippen LogP contribution in [-0.2, 0) is 4.79 Å². The molecule has 0 unspecified atom stereocenters. The number of carboxylic acid groups (broad SMARTS) is 1. The van der Waals surface area contributed by atoms with Gasteiger partial charge in [-0.15, -0.1) is 0 Å². The molecule has 1 rings (SSSR count). The molecule has 0 saturated carbocycles. The normalized spacial score (nSPS) is 12.4. The van der Waals surface area contributed by atoms with E-state index in [1.807, 2.05) is 13.0 Å². The highest BCUT2D eigenvalue weighted by Crippen LogP contribution is 2.23. The molecule has 1 atom stereocenters. The number of nitrogens with two attached hydrogens (primary N) is 1.